The Hall–Kier alpha value is -5.25. The van der Waals surface area contributed by atoms with Gasteiger partial charge in [0.15, 0.2) is 0 Å². The van der Waals surface area contributed by atoms with Crippen molar-refractivity contribution in [2.75, 3.05) is 32.1 Å². The monoisotopic (exact) mass is 644 g/mol. The van der Waals surface area contributed by atoms with E-state index in [2.05, 4.69) is 20.9 Å². The van der Waals surface area contributed by atoms with Crippen LogP contribution in [-0.4, -0.2) is 62.0 Å². The molecule has 3 atom stereocenters. The maximum atomic E-state index is 14.1. The molecule has 9 nitrogen and oxygen atoms in total. The van der Waals surface area contributed by atoms with E-state index in [1.54, 1.807) is 6.20 Å². The molecule has 1 aliphatic rings. The van der Waals surface area contributed by atoms with Gasteiger partial charge in [0.05, 0.1) is 18.7 Å². The Kier molecular flexibility index (Phi) is 10.9. The van der Waals surface area contributed by atoms with Gasteiger partial charge in [-0.3, -0.25) is 9.78 Å². The number of para-hydroxylation sites is 1. The summed E-state index contributed by atoms with van der Waals surface area (Å²) in [6.07, 6.45) is 2.38. The number of nitrogens with one attached hydrogen (secondary N) is 3. The number of amides is 2. The molecule has 3 N–H and O–H groups in total. The predicted molar refractivity (Wildman–Crippen MR) is 186 cm³/mol. The highest BCUT2D eigenvalue weighted by atomic mass is 16.5. The van der Waals surface area contributed by atoms with Crippen LogP contribution in [0, 0.1) is 0 Å². The molecular weight excluding hydrogens is 604 g/mol. The van der Waals surface area contributed by atoms with E-state index >= 15 is 0 Å². The lowest BCUT2D eigenvalue weighted by atomic mass is 9.84. The molecule has 246 valence electrons. The van der Waals surface area contributed by atoms with Crippen LogP contribution in [0.25, 0.3) is 10.9 Å². The van der Waals surface area contributed by atoms with Crippen molar-refractivity contribution < 1.29 is 23.8 Å². The molecule has 6 rings (SSSR count). The van der Waals surface area contributed by atoms with Crippen LogP contribution in [-0.2, 0) is 20.7 Å². The van der Waals surface area contributed by atoms with Crippen molar-refractivity contribution in [3.63, 3.8) is 0 Å². The molecule has 48 heavy (non-hydrogen) atoms. The van der Waals surface area contributed by atoms with Crippen molar-refractivity contribution in [3.05, 3.63) is 138 Å². The molecule has 5 aromatic rings. The van der Waals surface area contributed by atoms with Crippen molar-refractivity contribution in [1.82, 2.24) is 15.6 Å². The minimum atomic E-state index is -0.945. The Bertz CT molecular complexity index is 1760. The molecular formula is C39H40N4O5. The number of hydrogen-bond acceptors (Lipinski definition) is 7. The van der Waals surface area contributed by atoms with Crippen LogP contribution in [0.4, 0.5) is 10.5 Å². The second-order valence-corrected chi connectivity index (χ2v) is 11.8. The highest BCUT2D eigenvalue weighted by molar-refractivity contribution is 5.98. The number of hydrogen-bond donors (Lipinski definition) is 3. The molecule has 1 aromatic heterocycles. The van der Waals surface area contributed by atoms with Gasteiger partial charge in [-0.25, -0.2) is 4.79 Å². The van der Waals surface area contributed by atoms with Gasteiger partial charge in [0.25, 0.3) is 0 Å². The van der Waals surface area contributed by atoms with Crippen molar-refractivity contribution in [1.29, 1.82) is 0 Å². The fourth-order valence-electron chi connectivity index (χ4n) is 6.20. The van der Waals surface area contributed by atoms with E-state index in [9.17, 15) is 9.59 Å². The molecule has 0 spiro atoms. The van der Waals surface area contributed by atoms with Crippen LogP contribution in [0.5, 0.6) is 5.75 Å². The molecule has 0 unspecified atom stereocenters. The number of morpholine rings is 1. The maximum absolute atomic E-state index is 14.1. The van der Waals surface area contributed by atoms with Gasteiger partial charge < -0.3 is 30.2 Å². The van der Waals surface area contributed by atoms with Crippen LogP contribution in [0.2, 0.25) is 0 Å². The number of fused-ring (bicyclic) bond motifs is 1. The Labute approximate surface area is 280 Å². The van der Waals surface area contributed by atoms with Crippen LogP contribution >= 0.6 is 0 Å². The molecule has 9 heteroatoms. The minimum Gasteiger partial charge on any atom is -0.490 e. The van der Waals surface area contributed by atoms with Crippen molar-refractivity contribution in [3.8, 4) is 5.75 Å². The van der Waals surface area contributed by atoms with E-state index in [0.717, 1.165) is 46.3 Å². The number of methoxy groups -OCH3 is 1. The van der Waals surface area contributed by atoms with Crippen LogP contribution in [0.15, 0.2) is 121 Å². The summed E-state index contributed by atoms with van der Waals surface area (Å²) in [6.45, 7) is 1.84. The van der Waals surface area contributed by atoms with Gasteiger partial charge in [-0.1, -0.05) is 84.9 Å². The summed E-state index contributed by atoms with van der Waals surface area (Å²) in [7, 11) is 1.29. The van der Waals surface area contributed by atoms with E-state index in [1.165, 1.54) is 7.11 Å². The van der Waals surface area contributed by atoms with Gasteiger partial charge in [-0.15, -0.1) is 0 Å². The van der Waals surface area contributed by atoms with E-state index < -0.39 is 18.1 Å². The summed E-state index contributed by atoms with van der Waals surface area (Å²) in [5.41, 5.74) is 4.35. The third kappa shape index (κ3) is 8.17. The lowest BCUT2D eigenvalue weighted by Gasteiger charge is -2.31. The fraction of sp³-hybridized carbons (Fsp3) is 0.256. The summed E-state index contributed by atoms with van der Waals surface area (Å²) in [6, 6.07) is 36.0. The van der Waals surface area contributed by atoms with E-state index in [4.69, 9.17) is 14.2 Å². The van der Waals surface area contributed by atoms with Gasteiger partial charge in [0, 0.05) is 36.3 Å². The molecule has 2 heterocycles. The van der Waals surface area contributed by atoms with Gasteiger partial charge in [-0.2, -0.15) is 0 Å². The third-order valence-corrected chi connectivity index (χ3v) is 8.56. The number of carbonyl (C=O) groups is 2. The Morgan fingerprint density at radius 1 is 0.854 bits per heavy atom. The first-order valence-electron chi connectivity index (χ1n) is 16.2. The zero-order valence-electron chi connectivity index (χ0n) is 26.9. The molecule has 1 fully saturated rings. The second kappa shape index (κ2) is 16.0. The molecule has 0 radical (unpaired) electrons. The van der Waals surface area contributed by atoms with Gasteiger partial charge in [0.1, 0.15) is 24.5 Å². The smallest absolute Gasteiger partial charge is 0.407 e. The quantitative estimate of drug-likeness (QED) is 0.151. The third-order valence-electron chi connectivity index (χ3n) is 8.56. The average Bonchev–Trinajstić information content (AvgIpc) is 3.14. The molecule has 2 amide bonds. The predicted octanol–water partition coefficient (Wildman–Crippen LogP) is 6.10. The van der Waals surface area contributed by atoms with E-state index in [0.29, 0.717) is 25.3 Å². The summed E-state index contributed by atoms with van der Waals surface area (Å²) >= 11 is 0. The fourth-order valence-corrected chi connectivity index (χ4v) is 6.20. The van der Waals surface area contributed by atoms with Crippen LogP contribution < -0.4 is 20.7 Å². The number of benzene rings is 4. The molecule has 0 saturated carbocycles. The number of alkyl carbamates (subject to hydrolysis) is 1. The topological polar surface area (TPSA) is 111 Å². The zero-order chi connectivity index (χ0) is 33.1. The summed E-state index contributed by atoms with van der Waals surface area (Å²) in [4.78, 5) is 31.1. The number of aryl methyl sites for hydroxylation is 1. The van der Waals surface area contributed by atoms with Crippen LogP contribution in [0.3, 0.4) is 0 Å². The number of carbonyl (C=O) groups excluding carboxylic acids is 2. The number of rotatable bonds is 12. The number of ether oxygens (including phenoxy) is 3. The Balaban J connectivity index is 1.13. The molecule has 0 aliphatic carbocycles. The van der Waals surface area contributed by atoms with E-state index in [-0.39, 0.29) is 18.1 Å². The molecule has 4 aromatic carbocycles. The van der Waals surface area contributed by atoms with Gasteiger partial charge in [-0.05, 0) is 59.9 Å². The van der Waals surface area contributed by atoms with Crippen LogP contribution in [0.1, 0.15) is 29.0 Å². The van der Waals surface area contributed by atoms with Crippen molar-refractivity contribution in [2.45, 2.75) is 37.0 Å². The highest BCUT2D eigenvalue weighted by Gasteiger charge is 2.33. The average molecular weight is 645 g/mol. The number of anilines is 1. The van der Waals surface area contributed by atoms with Gasteiger partial charge in [0.2, 0.25) is 5.91 Å². The zero-order valence-corrected chi connectivity index (χ0v) is 26.9. The number of aromatic nitrogens is 1. The number of nitrogens with zero attached hydrogens (tertiary/aromatic N) is 1. The Morgan fingerprint density at radius 3 is 2.31 bits per heavy atom. The standard InChI is InChI=1S/C39H40N4O5/c1-46-39(45)43-37(36(28-13-4-2-5-14-28)29-15-6-3-7-16-29)38(44)42-33-18-9-8-12-27(33)21-22-30-24-40-25-31(48-30)26-47-35-20-10-19-34-32(35)17-11-23-41-34/h2-20,23,30-31,36-37,40H,21-22,24-26H2,1H3,(H,42,44)(H,43,45)/t30-,31+,37+/m1/s1. The van der Waals surface area contributed by atoms with Crippen molar-refractivity contribution >= 4 is 28.6 Å². The van der Waals surface area contributed by atoms with Crippen molar-refractivity contribution in [2.24, 2.45) is 0 Å². The SMILES string of the molecule is COC(=O)N[C@H](C(=O)Nc1ccccc1CC[C@@H]1CNC[C@@H](COc2cccc3ncccc23)O1)C(c1ccccc1)c1ccccc1. The molecule has 1 aliphatic heterocycles. The first kappa shape index (κ1) is 32.7. The minimum absolute atomic E-state index is 0.0282. The molecule has 1 saturated heterocycles. The number of pyridine rings is 1. The lowest BCUT2D eigenvalue weighted by Crippen LogP contribution is -2.48. The Morgan fingerprint density at radius 2 is 1.56 bits per heavy atom. The van der Waals surface area contributed by atoms with Gasteiger partial charge >= 0.3 is 6.09 Å². The van der Waals surface area contributed by atoms with E-state index in [1.807, 2.05) is 115 Å². The summed E-state index contributed by atoms with van der Waals surface area (Å²) in [5, 5.41) is 10.4. The summed E-state index contributed by atoms with van der Waals surface area (Å²) in [5.74, 6) is -0.00981. The normalized spacial score (nSPS) is 16.6. The highest BCUT2D eigenvalue weighted by Crippen LogP contribution is 2.30. The maximum Gasteiger partial charge on any atom is 0.407 e. The second-order valence-electron chi connectivity index (χ2n) is 11.8. The lowest BCUT2D eigenvalue weighted by molar-refractivity contribution is -0.118. The summed E-state index contributed by atoms with van der Waals surface area (Å²) < 4.78 is 17.6. The first-order chi connectivity index (χ1) is 23.6. The molecule has 0 bridgehead atoms. The first-order valence-corrected chi connectivity index (χ1v) is 16.2. The largest absolute Gasteiger partial charge is 0.490 e.